The third-order valence-corrected chi connectivity index (χ3v) is 5.27. The van der Waals surface area contributed by atoms with E-state index in [0.717, 1.165) is 0 Å². The van der Waals surface area contributed by atoms with Gasteiger partial charge < -0.3 is 15.4 Å². The van der Waals surface area contributed by atoms with Crippen molar-refractivity contribution in [1.29, 1.82) is 0 Å². The largest absolute Gasteiger partial charge is 0.496 e. The second kappa shape index (κ2) is 10.8. The number of hydrogen-bond donors (Lipinski definition) is 2. The fraction of sp³-hybridized carbons (Fsp3) is 0.0435. The predicted molar refractivity (Wildman–Crippen MR) is 129 cm³/mol. The first kappa shape index (κ1) is 24.0. The highest BCUT2D eigenvalue weighted by Crippen LogP contribution is 2.26. The summed E-state index contributed by atoms with van der Waals surface area (Å²) in [6.07, 6.45) is 1.36. The quantitative estimate of drug-likeness (QED) is 0.240. The molecule has 0 aliphatic carbocycles. The van der Waals surface area contributed by atoms with E-state index in [9.17, 15) is 19.7 Å². The first-order valence-corrected chi connectivity index (χ1v) is 10.6. The minimum Gasteiger partial charge on any atom is -0.496 e. The van der Waals surface area contributed by atoms with E-state index in [2.05, 4.69) is 26.6 Å². The summed E-state index contributed by atoms with van der Waals surface area (Å²) in [6, 6.07) is 16.8. The zero-order valence-electron chi connectivity index (χ0n) is 17.2. The Morgan fingerprint density at radius 3 is 2.45 bits per heavy atom. The van der Waals surface area contributed by atoms with Crippen molar-refractivity contribution in [2.75, 3.05) is 12.4 Å². The molecule has 2 N–H and O–H groups in total. The van der Waals surface area contributed by atoms with E-state index in [-0.39, 0.29) is 16.9 Å². The van der Waals surface area contributed by atoms with Crippen LogP contribution < -0.4 is 15.4 Å². The maximum atomic E-state index is 13.0. The third kappa shape index (κ3) is 6.41. The van der Waals surface area contributed by atoms with Crippen molar-refractivity contribution in [3.05, 3.63) is 103 Å². The van der Waals surface area contributed by atoms with Crippen molar-refractivity contribution >= 4 is 56.8 Å². The number of carbonyl (C=O) groups excluding carboxylic acids is 2. The number of methoxy groups -OCH3 is 1. The maximum Gasteiger partial charge on any atom is 0.272 e. The number of nitrogens with zero attached hydrogens (tertiary/aromatic N) is 1. The van der Waals surface area contributed by atoms with E-state index in [1.165, 1.54) is 31.4 Å². The van der Waals surface area contributed by atoms with Gasteiger partial charge in [-0.3, -0.25) is 19.7 Å². The number of nitrogens with one attached hydrogen (secondary N) is 2. The van der Waals surface area contributed by atoms with Gasteiger partial charge in [-0.25, -0.2) is 0 Å². The molecule has 0 aliphatic rings. The highest BCUT2D eigenvalue weighted by Gasteiger charge is 2.17. The highest BCUT2D eigenvalue weighted by atomic mass is 79.9. The molecule has 0 atom stereocenters. The number of anilines is 1. The topological polar surface area (TPSA) is 111 Å². The zero-order chi connectivity index (χ0) is 24.0. The van der Waals surface area contributed by atoms with Crippen LogP contribution in [0.25, 0.3) is 6.08 Å². The Bertz CT molecular complexity index is 1250. The first-order valence-electron chi connectivity index (χ1n) is 9.45. The first-order chi connectivity index (χ1) is 15.8. The number of halogens is 2. The molecule has 0 bridgehead atoms. The highest BCUT2D eigenvalue weighted by molar-refractivity contribution is 9.10. The van der Waals surface area contributed by atoms with E-state index in [1.54, 1.807) is 48.5 Å². The van der Waals surface area contributed by atoms with Crippen LogP contribution in [0.1, 0.15) is 15.9 Å². The molecule has 168 valence electrons. The molecule has 0 saturated carbocycles. The van der Waals surface area contributed by atoms with Gasteiger partial charge in [0, 0.05) is 28.4 Å². The van der Waals surface area contributed by atoms with Gasteiger partial charge in [0.25, 0.3) is 17.5 Å². The Kier molecular flexibility index (Phi) is 7.81. The molecule has 0 aliphatic heterocycles. The number of carbonyl (C=O) groups is 2. The van der Waals surface area contributed by atoms with E-state index in [4.69, 9.17) is 16.3 Å². The van der Waals surface area contributed by atoms with Crippen LogP contribution in [0.5, 0.6) is 5.75 Å². The second-order valence-electron chi connectivity index (χ2n) is 6.67. The molecule has 2 amide bonds. The molecule has 0 heterocycles. The molecule has 0 aromatic heterocycles. The normalized spacial score (nSPS) is 10.9. The van der Waals surface area contributed by atoms with Crippen LogP contribution in [0.15, 0.2) is 76.9 Å². The van der Waals surface area contributed by atoms with E-state index < -0.39 is 16.7 Å². The number of benzene rings is 3. The number of nitro benzene ring substituents is 1. The van der Waals surface area contributed by atoms with E-state index in [0.29, 0.717) is 26.5 Å². The zero-order valence-corrected chi connectivity index (χ0v) is 19.5. The molecule has 10 heteroatoms. The average molecular weight is 531 g/mol. The lowest BCUT2D eigenvalue weighted by Gasteiger charge is -2.12. The fourth-order valence-electron chi connectivity index (χ4n) is 2.79. The summed E-state index contributed by atoms with van der Waals surface area (Å²) < 4.78 is 5.73. The molecule has 0 radical (unpaired) electrons. The standard InChI is InChI=1S/C23H17BrClN3O5/c1-33-21-10-5-15(13-19(21)24)22(29)27-20(12-14-3-2-4-18(11-14)28(31)32)23(30)26-17-8-6-16(25)7-9-17/h2-13H,1H3,(H,26,30)(H,27,29)/b20-12-. The number of amides is 2. The molecule has 0 unspecified atom stereocenters. The summed E-state index contributed by atoms with van der Waals surface area (Å²) in [5.41, 5.74) is 0.832. The SMILES string of the molecule is COc1ccc(C(=O)N/C(=C\c2cccc([N+](=O)[O-])c2)C(=O)Nc2ccc(Cl)cc2)cc1Br. The second-order valence-corrected chi connectivity index (χ2v) is 7.97. The van der Waals surface area contributed by atoms with Crippen LogP contribution in [0, 0.1) is 10.1 Å². The average Bonchev–Trinajstić information content (AvgIpc) is 2.80. The van der Waals surface area contributed by atoms with Crippen molar-refractivity contribution in [3.63, 3.8) is 0 Å². The summed E-state index contributed by atoms with van der Waals surface area (Å²) in [5.74, 6) is -0.634. The Morgan fingerprint density at radius 2 is 1.82 bits per heavy atom. The molecule has 0 spiro atoms. The summed E-state index contributed by atoms with van der Waals surface area (Å²) in [5, 5.41) is 16.8. The monoisotopic (exact) mass is 529 g/mol. The van der Waals surface area contributed by atoms with Gasteiger partial charge in [-0.15, -0.1) is 0 Å². The smallest absolute Gasteiger partial charge is 0.272 e. The van der Waals surface area contributed by atoms with E-state index >= 15 is 0 Å². The number of non-ortho nitro benzene ring substituents is 1. The molecule has 0 saturated heterocycles. The summed E-state index contributed by atoms with van der Waals surface area (Å²) >= 11 is 9.20. The molecule has 0 fully saturated rings. The van der Waals surface area contributed by atoms with Crippen LogP contribution in [0.3, 0.4) is 0 Å². The molecule has 8 nitrogen and oxygen atoms in total. The molecule has 3 rings (SSSR count). The summed E-state index contributed by atoms with van der Waals surface area (Å²) in [7, 11) is 1.50. The van der Waals surface area contributed by atoms with Crippen molar-refractivity contribution < 1.29 is 19.2 Å². The molecule has 3 aromatic carbocycles. The van der Waals surface area contributed by atoms with Gasteiger partial charge in [-0.1, -0.05) is 23.7 Å². The lowest BCUT2D eigenvalue weighted by Crippen LogP contribution is -2.30. The lowest BCUT2D eigenvalue weighted by atomic mass is 10.1. The van der Waals surface area contributed by atoms with Crippen molar-refractivity contribution in [2.24, 2.45) is 0 Å². The molecular weight excluding hydrogens is 514 g/mol. The lowest BCUT2D eigenvalue weighted by molar-refractivity contribution is -0.384. The van der Waals surface area contributed by atoms with Gasteiger partial charge in [0.1, 0.15) is 11.4 Å². The third-order valence-electron chi connectivity index (χ3n) is 4.40. The Morgan fingerprint density at radius 1 is 1.09 bits per heavy atom. The summed E-state index contributed by atoms with van der Waals surface area (Å²) in [6.45, 7) is 0. The number of hydrogen-bond acceptors (Lipinski definition) is 5. The van der Waals surface area contributed by atoms with Crippen molar-refractivity contribution in [2.45, 2.75) is 0 Å². The van der Waals surface area contributed by atoms with Gasteiger partial charge >= 0.3 is 0 Å². The van der Waals surface area contributed by atoms with Gasteiger partial charge in [-0.2, -0.15) is 0 Å². The Labute approximate surface area is 202 Å². The summed E-state index contributed by atoms with van der Waals surface area (Å²) in [4.78, 5) is 36.4. The molecule has 3 aromatic rings. The fourth-order valence-corrected chi connectivity index (χ4v) is 3.45. The van der Waals surface area contributed by atoms with Crippen LogP contribution in [0.4, 0.5) is 11.4 Å². The Balaban J connectivity index is 1.93. The minimum absolute atomic E-state index is 0.109. The number of ether oxygens (including phenoxy) is 1. The predicted octanol–water partition coefficient (Wildman–Crippen LogP) is 5.43. The molecule has 33 heavy (non-hydrogen) atoms. The van der Waals surface area contributed by atoms with Gasteiger partial charge in [-0.05, 0) is 70.0 Å². The van der Waals surface area contributed by atoms with Crippen LogP contribution >= 0.6 is 27.5 Å². The minimum atomic E-state index is -0.621. The Hall–Kier alpha value is -3.69. The number of nitro groups is 1. The van der Waals surface area contributed by atoms with Crippen LogP contribution in [-0.4, -0.2) is 23.8 Å². The van der Waals surface area contributed by atoms with Gasteiger partial charge in [0.15, 0.2) is 0 Å². The van der Waals surface area contributed by atoms with Crippen LogP contribution in [-0.2, 0) is 4.79 Å². The van der Waals surface area contributed by atoms with Crippen molar-refractivity contribution in [1.82, 2.24) is 5.32 Å². The van der Waals surface area contributed by atoms with Gasteiger partial charge in [0.2, 0.25) is 0 Å². The van der Waals surface area contributed by atoms with Gasteiger partial charge in [0.05, 0.1) is 16.5 Å². The van der Waals surface area contributed by atoms with E-state index in [1.807, 2.05) is 0 Å². The van der Waals surface area contributed by atoms with Crippen LogP contribution in [0.2, 0.25) is 5.02 Å². The van der Waals surface area contributed by atoms with Crippen molar-refractivity contribution in [3.8, 4) is 5.75 Å². The molecular formula is C23H17BrClN3O5. The number of rotatable bonds is 7. The maximum absolute atomic E-state index is 13.0.